The molecule has 1 aromatic rings. The van der Waals surface area contributed by atoms with E-state index < -0.39 is 21.2 Å². The van der Waals surface area contributed by atoms with Gasteiger partial charge in [-0.3, -0.25) is 4.79 Å². The van der Waals surface area contributed by atoms with Gasteiger partial charge in [0.2, 0.25) is 5.91 Å². The quantitative estimate of drug-likeness (QED) is 0.779. The van der Waals surface area contributed by atoms with Gasteiger partial charge in [0.1, 0.15) is 14.8 Å². The zero-order valence-electron chi connectivity index (χ0n) is 13.4. The van der Waals surface area contributed by atoms with Gasteiger partial charge in [-0.2, -0.15) is 0 Å². The zero-order valence-corrected chi connectivity index (χ0v) is 15.1. The van der Waals surface area contributed by atoms with Crippen LogP contribution in [0, 0.1) is 12.3 Å². The Labute approximate surface area is 139 Å². The van der Waals surface area contributed by atoms with Gasteiger partial charge in [0.05, 0.1) is 11.3 Å². The van der Waals surface area contributed by atoms with E-state index in [-0.39, 0.29) is 23.6 Å². The molecule has 2 rings (SSSR count). The second kappa shape index (κ2) is 6.24. The Morgan fingerprint density at radius 1 is 1.35 bits per heavy atom. The topological polar surface area (TPSA) is 101 Å². The maximum Gasteiger partial charge on any atom is 0.339 e. The molecule has 0 unspecified atom stereocenters. The summed E-state index contributed by atoms with van der Waals surface area (Å²) in [6.45, 7) is 3.70. The van der Waals surface area contributed by atoms with Crippen molar-refractivity contribution < 1.29 is 23.1 Å². The lowest BCUT2D eigenvalue weighted by Crippen LogP contribution is -2.23. The fourth-order valence-electron chi connectivity index (χ4n) is 2.94. The molecule has 0 saturated heterocycles. The number of carboxylic acids is 1. The van der Waals surface area contributed by atoms with E-state index in [1.54, 1.807) is 0 Å². The van der Waals surface area contributed by atoms with Crippen molar-refractivity contribution in [1.82, 2.24) is 0 Å². The third kappa shape index (κ3) is 4.32. The molecule has 0 aliphatic heterocycles. The smallest absolute Gasteiger partial charge is 0.339 e. The molecule has 8 heteroatoms. The average molecular weight is 359 g/mol. The highest BCUT2D eigenvalue weighted by molar-refractivity contribution is 7.90. The van der Waals surface area contributed by atoms with E-state index in [1.165, 1.54) is 17.6 Å². The fraction of sp³-hybridized carbons (Fsp3) is 0.600. The molecule has 1 aromatic heterocycles. The Balaban J connectivity index is 2.14. The van der Waals surface area contributed by atoms with Crippen molar-refractivity contribution in [3.05, 3.63) is 16.0 Å². The molecule has 1 heterocycles. The van der Waals surface area contributed by atoms with Crippen LogP contribution in [-0.2, 0) is 21.1 Å². The number of hydrogen-bond donors (Lipinski definition) is 2. The van der Waals surface area contributed by atoms with E-state index in [0.29, 0.717) is 24.3 Å². The standard InChI is InChI=1S/C15H21NO5S2/c1-4-10-9(2)22-13(12(10)14(18)19)16-11(17)7-15(5-6-15)8-23(3,20)21/h4-8H2,1-3H3,(H,16,17)(H,18,19). The predicted molar refractivity (Wildman–Crippen MR) is 90.0 cm³/mol. The third-order valence-corrected chi connectivity index (χ3v) is 6.29. The number of aromatic carboxylic acids is 1. The molecule has 128 valence electrons. The number of thiophene rings is 1. The van der Waals surface area contributed by atoms with Crippen LogP contribution in [0.1, 0.15) is 47.0 Å². The fourth-order valence-corrected chi connectivity index (χ4v) is 5.59. The number of nitrogens with one attached hydrogen (secondary N) is 1. The van der Waals surface area contributed by atoms with Crippen molar-refractivity contribution in [2.24, 2.45) is 5.41 Å². The number of carbonyl (C=O) groups is 2. The Morgan fingerprint density at radius 2 is 1.96 bits per heavy atom. The minimum absolute atomic E-state index is 0.00286. The van der Waals surface area contributed by atoms with Gasteiger partial charge in [0.15, 0.2) is 0 Å². The molecule has 0 bridgehead atoms. The van der Waals surface area contributed by atoms with Crippen LogP contribution in [0.5, 0.6) is 0 Å². The van der Waals surface area contributed by atoms with Gasteiger partial charge in [0.25, 0.3) is 0 Å². The molecule has 0 radical (unpaired) electrons. The number of hydrogen-bond acceptors (Lipinski definition) is 5. The van der Waals surface area contributed by atoms with Crippen LogP contribution in [0.4, 0.5) is 5.00 Å². The summed E-state index contributed by atoms with van der Waals surface area (Å²) in [5.41, 5.74) is 0.410. The first-order valence-corrected chi connectivity index (χ1v) is 10.3. The maximum absolute atomic E-state index is 12.2. The summed E-state index contributed by atoms with van der Waals surface area (Å²) < 4.78 is 22.9. The molecule has 6 nitrogen and oxygen atoms in total. The van der Waals surface area contributed by atoms with Crippen LogP contribution in [0.2, 0.25) is 0 Å². The Bertz CT molecular complexity index is 744. The van der Waals surface area contributed by atoms with Gasteiger partial charge in [0, 0.05) is 17.6 Å². The van der Waals surface area contributed by atoms with Crippen molar-refractivity contribution >= 4 is 38.1 Å². The number of carboxylic acid groups (broad SMARTS) is 1. The Morgan fingerprint density at radius 3 is 2.39 bits per heavy atom. The van der Waals surface area contributed by atoms with Crippen LogP contribution in [0.15, 0.2) is 0 Å². The molecular formula is C15H21NO5S2. The first-order chi connectivity index (χ1) is 10.6. The lowest BCUT2D eigenvalue weighted by Gasteiger charge is -2.13. The lowest BCUT2D eigenvalue weighted by molar-refractivity contribution is -0.117. The highest BCUT2D eigenvalue weighted by atomic mass is 32.2. The summed E-state index contributed by atoms with van der Waals surface area (Å²) in [4.78, 5) is 24.6. The van der Waals surface area contributed by atoms with Crippen molar-refractivity contribution in [1.29, 1.82) is 0 Å². The van der Waals surface area contributed by atoms with E-state index in [9.17, 15) is 23.1 Å². The summed E-state index contributed by atoms with van der Waals surface area (Å²) in [6, 6.07) is 0. The van der Waals surface area contributed by atoms with Crippen molar-refractivity contribution in [2.45, 2.75) is 39.5 Å². The summed E-state index contributed by atoms with van der Waals surface area (Å²) >= 11 is 1.25. The number of rotatable bonds is 7. The number of amides is 1. The minimum atomic E-state index is -3.14. The van der Waals surface area contributed by atoms with Crippen molar-refractivity contribution in [3.8, 4) is 0 Å². The molecule has 2 N–H and O–H groups in total. The molecule has 1 aliphatic rings. The second-order valence-corrected chi connectivity index (χ2v) is 9.66. The number of anilines is 1. The van der Waals surface area contributed by atoms with Crippen LogP contribution >= 0.6 is 11.3 Å². The zero-order chi connectivity index (χ0) is 17.4. The number of carbonyl (C=O) groups excluding carboxylic acids is 1. The lowest BCUT2D eigenvalue weighted by atomic mass is 10.0. The molecule has 0 aromatic carbocycles. The van der Waals surface area contributed by atoms with Crippen LogP contribution in [0.25, 0.3) is 0 Å². The predicted octanol–water partition coefficient (Wildman–Crippen LogP) is 2.47. The third-order valence-electron chi connectivity index (χ3n) is 4.09. The van der Waals surface area contributed by atoms with Gasteiger partial charge >= 0.3 is 5.97 Å². The van der Waals surface area contributed by atoms with Crippen LogP contribution < -0.4 is 5.32 Å². The van der Waals surface area contributed by atoms with Crippen LogP contribution in [0.3, 0.4) is 0 Å². The van der Waals surface area contributed by atoms with Gasteiger partial charge in [-0.15, -0.1) is 11.3 Å². The molecule has 0 atom stereocenters. The van der Waals surface area contributed by atoms with Gasteiger partial charge in [-0.25, -0.2) is 13.2 Å². The molecule has 1 saturated carbocycles. The monoisotopic (exact) mass is 359 g/mol. The second-order valence-electron chi connectivity index (χ2n) is 6.29. The van der Waals surface area contributed by atoms with E-state index in [2.05, 4.69) is 5.32 Å². The molecule has 1 amide bonds. The molecular weight excluding hydrogens is 338 g/mol. The highest BCUT2D eigenvalue weighted by Gasteiger charge is 2.46. The Hall–Kier alpha value is -1.41. The summed E-state index contributed by atoms with van der Waals surface area (Å²) in [5.74, 6) is -1.38. The number of aryl methyl sites for hydroxylation is 1. The van der Waals surface area contributed by atoms with E-state index in [0.717, 1.165) is 10.4 Å². The van der Waals surface area contributed by atoms with Crippen molar-refractivity contribution in [2.75, 3.05) is 17.3 Å². The van der Waals surface area contributed by atoms with E-state index >= 15 is 0 Å². The summed E-state index contributed by atoms with van der Waals surface area (Å²) in [5, 5.41) is 12.4. The average Bonchev–Trinajstić information content (AvgIpc) is 3.01. The highest BCUT2D eigenvalue weighted by Crippen LogP contribution is 2.50. The molecule has 23 heavy (non-hydrogen) atoms. The molecule has 1 aliphatic carbocycles. The maximum atomic E-state index is 12.2. The van der Waals surface area contributed by atoms with Gasteiger partial charge in [-0.1, -0.05) is 6.92 Å². The van der Waals surface area contributed by atoms with Gasteiger partial charge < -0.3 is 10.4 Å². The minimum Gasteiger partial charge on any atom is -0.478 e. The van der Waals surface area contributed by atoms with Crippen LogP contribution in [-0.4, -0.2) is 37.4 Å². The van der Waals surface area contributed by atoms with E-state index in [1.807, 2.05) is 13.8 Å². The normalized spacial score (nSPS) is 16.1. The summed E-state index contributed by atoms with van der Waals surface area (Å²) in [6.07, 6.45) is 3.28. The largest absolute Gasteiger partial charge is 0.478 e. The van der Waals surface area contributed by atoms with Crippen molar-refractivity contribution in [3.63, 3.8) is 0 Å². The Kier molecular flexibility index (Phi) is 4.86. The van der Waals surface area contributed by atoms with E-state index in [4.69, 9.17) is 0 Å². The van der Waals surface area contributed by atoms with Gasteiger partial charge in [-0.05, 0) is 37.2 Å². The SMILES string of the molecule is CCc1c(C)sc(NC(=O)CC2(CS(C)(=O)=O)CC2)c1C(=O)O. The molecule has 1 fully saturated rings. The number of sulfone groups is 1. The first kappa shape index (κ1) is 17.9. The molecule has 0 spiro atoms. The first-order valence-electron chi connectivity index (χ1n) is 7.40. The summed E-state index contributed by atoms with van der Waals surface area (Å²) in [7, 11) is -3.14.